The average Bonchev–Trinajstić information content (AvgIpc) is 2.15. The molecular formula is C10H9ClO4. The molecule has 0 aromatic heterocycles. The molecule has 5 heteroatoms. The van der Waals surface area contributed by atoms with Crippen LogP contribution in [0, 0.1) is 0 Å². The number of aliphatic carboxylic acids is 1. The molecule has 0 amide bonds. The molecule has 0 heterocycles. The molecule has 1 aromatic rings. The Labute approximate surface area is 91.4 Å². The Balaban J connectivity index is 2.94. The van der Waals surface area contributed by atoms with E-state index >= 15 is 0 Å². The third-order valence-corrected chi connectivity index (χ3v) is 1.93. The summed E-state index contributed by atoms with van der Waals surface area (Å²) in [7, 11) is 0. The molecule has 1 atom stereocenters. The molecule has 0 radical (unpaired) electrons. The number of benzene rings is 1. The van der Waals surface area contributed by atoms with Crippen LogP contribution in [-0.2, 0) is 14.3 Å². The van der Waals surface area contributed by atoms with Gasteiger partial charge in [0.15, 0.2) is 0 Å². The molecular weight excluding hydrogens is 220 g/mol. The van der Waals surface area contributed by atoms with Crippen LogP contribution < -0.4 is 0 Å². The van der Waals surface area contributed by atoms with E-state index in [4.69, 9.17) is 16.7 Å². The van der Waals surface area contributed by atoms with Crippen molar-refractivity contribution in [3.63, 3.8) is 0 Å². The minimum absolute atomic E-state index is 0.377. The molecule has 0 fully saturated rings. The summed E-state index contributed by atoms with van der Waals surface area (Å²) in [5.41, 5.74) is 0.377. The van der Waals surface area contributed by atoms with Gasteiger partial charge in [-0.1, -0.05) is 23.7 Å². The van der Waals surface area contributed by atoms with Crippen LogP contribution in [0.3, 0.4) is 0 Å². The molecule has 1 rings (SSSR count). The highest BCUT2D eigenvalue weighted by Gasteiger charge is 2.22. The minimum atomic E-state index is -1.28. The Morgan fingerprint density at radius 3 is 2.27 bits per heavy atom. The predicted molar refractivity (Wildman–Crippen MR) is 53.6 cm³/mol. The number of carbonyl (C=O) groups excluding carboxylic acids is 1. The van der Waals surface area contributed by atoms with Crippen molar-refractivity contribution in [1.29, 1.82) is 0 Å². The monoisotopic (exact) mass is 228 g/mol. The molecule has 0 saturated heterocycles. The summed E-state index contributed by atoms with van der Waals surface area (Å²) in [4.78, 5) is 21.5. The second-order valence-corrected chi connectivity index (χ2v) is 3.32. The lowest BCUT2D eigenvalue weighted by atomic mass is 10.1. The van der Waals surface area contributed by atoms with E-state index in [-0.39, 0.29) is 0 Å². The molecule has 1 unspecified atom stereocenters. The highest BCUT2D eigenvalue weighted by atomic mass is 35.5. The van der Waals surface area contributed by atoms with E-state index in [1.807, 2.05) is 0 Å². The highest BCUT2D eigenvalue weighted by molar-refractivity contribution is 6.30. The van der Waals surface area contributed by atoms with Crippen molar-refractivity contribution >= 4 is 23.5 Å². The van der Waals surface area contributed by atoms with E-state index in [2.05, 4.69) is 4.74 Å². The van der Waals surface area contributed by atoms with Gasteiger partial charge in [0.1, 0.15) is 0 Å². The Bertz CT molecular complexity index is 372. The maximum atomic E-state index is 10.8. The zero-order chi connectivity index (χ0) is 11.4. The Hall–Kier alpha value is -1.55. The van der Waals surface area contributed by atoms with Gasteiger partial charge in [-0.05, 0) is 12.1 Å². The maximum Gasteiger partial charge on any atom is 0.349 e. The van der Waals surface area contributed by atoms with Gasteiger partial charge in [-0.25, -0.2) is 4.79 Å². The van der Waals surface area contributed by atoms with Crippen molar-refractivity contribution in [3.8, 4) is 0 Å². The summed E-state index contributed by atoms with van der Waals surface area (Å²) in [5, 5.41) is 9.33. The van der Waals surface area contributed by atoms with Gasteiger partial charge < -0.3 is 9.84 Å². The molecule has 0 aliphatic carbocycles. The molecule has 1 aromatic carbocycles. The molecule has 4 nitrogen and oxygen atoms in total. The van der Waals surface area contributed by atoms with E-state index in [9.17, 15) is 9.59 Å². The number of rotatable bonds is 3. The number of hydrogen-bond acceptors (Lipinski definition) is 3. The topological polar surface area (TPSA) is 63.6 Å². The van der Waals surface area contributed by atoms with Crippen molar-refractivity contribution in [3.05, 3.63) is 34.9 Å². The first-order chi connectivity index (χ1) is 7.00. The van der Waals surface area contributed by atoms with Gasteiger partial charge in [0.25, 0.3) is 0 Å². The first kappa shape index (κ1) is 11.5. The summed E-state index contributed by atoms with van der Waals surface area (Å²) in [5.74, 6) is -1.86. The van der Waals surface area contributed by atoms with E-state index < -0.39 is 18.0 Å². The third-order valence-electron chi connectivity index (χ3n) is 1.68. The summed E-state index contributed by atoms with van der Waals surface area (Å²) < 4.78 is 4.66. The van der Waals surface area contributed by atoms with Crippen LogP contribution in [0.2, 0.25) is 5.02 Å². The highest BCUT2D eigenvalue weighted by Crippen LogP contribution is 2.20. The van der Waals surface area contributed by atoms with Crippen LogP contribution in [-0.4, -0.2) is 17.0 Å². The fourth-order valence-corrected chi connectivity index (χ4v) is 1.19. The quantitative estimate of drug-likeness (QED) is 0.804. The van der Waals surface area contributed by atoms with Crippen LogP contribution in [0.25, 0.3) is 0 Å². The molecule has 0 aliphatic rings. The van der Waals surface area contributed by atoms with Crippen LogP contribution in [0.4, 0.5) is 0 Å². The number of carboxylic acid groups (broad SMARTS) is 1. The molecule has 0 bridgehead atoms. The van der Waals surface area contributed by atoms with Crippen molar-refractivity contribution in [2.45, 2.75) is 13.0 Å². The van der Waals surface area contributed by atoms with Crippen molar-refractivity contribution in [1.82, 2.24) is 0 Å². The number of carboxylic acids is 1. The lowest BCUT2D eigenvalue weighted by Crippen LogP contribution is -2.17. The summed E-state index contributed by atoms with van der Waals surface area (Å²) >= 11 is 5.65. The second-order valence-electron chi connectivity index (χ2n) is 2.88. The minimum Gasteiger partial charge on any atom is -0.478 e. The van der Waals surface area contributed by atoms with Crippen LogP contribution in [0.1, 0.15) is 18.6 Å². The molecule has 1 N–H and O–H groups in total. The number of esters is 1. The maximum absolute atomic E-state index is 10.8. The SMILES string of the molecule is CC(=O)OC(C(=O)O)c1ccc(Cl)cc1. The molecule has 0 aliphatic heterocycles. The zero-order valence-electron chi connectivity index (χ0n) is 7.94. The Morgan fingerprint density at radius 1 is 1.33 bits per heavy atom. The van der Waals surface area contributed by atoms with E-state index in [1.54, 1.807) is 0 Å². The molecule has 80 valence electrons. The molecule has 0 saturated carbocycles. The van der Waals surface area contributed by atoms with Gasteiger partial charge in [-0.15, -0.1) is 0 Å². The lowest BCUT2D eigenvalue weighted by Gasteiger charge is -2.12. The van der Waals surface area contributed by atoms with Crippen LogP contribution in [0.15, 0.2) is 24.3 Å². The van der Waals surface area contributed by atoms with Gasteiger partial charge in [-0.3, -0.25) is 4.79 Å². The average molecular weight is 229 g/mol. The van der Waals surface area contributed by atoms with E-state index in [0.29, 0.717) is 10.6 Å². The standard InChI is InChI=1S/C10H9ClO4/c1-6(12)15-9(10(13)14)7-2-4-8(11)5-3-7/h2-5,9H,1H3,(H,13,14). The van der Waals surface area contributed by atoms with Crippen LogP contribution >= 0.6 is 11.6 Å². The zero-order valence-corrected chi connectivity index (χ0v) is 8.69. The number of carbonyl (C=O) groups is 2. The summed E-state index contributed by atoms with van der Waals surface area (Å²) in [6.45, 7) is 1.16. The third kappa shape index (κ3) is 3.25. The fraction of sp³-hybridized carbons (Fsp3) is 0.200. The van der Waals surface area contributed by atoms with E-state index in [0.717, 1.165) is 6.92 Å². The number of ether oxygens (including phenoxy) is 1. The summed E-state index contributed by atoms with van der Waals surface area (Å²) in [6, 6.07) is 6.08. The molecule has 0 spiro atoms. The van der Waals surface area contributed by atoms with Gasteiger partial charge in [-0.2, -0.15) is 0 Å². The smallest absolute Gasteiger partial charge is 0.349 e. The lowest BCUT2D eigenvalue weighted by molar-refractivity contribution is -0.163. The number of hydrogen-bond donors (Lipinski definition) is 1. The van der Waals surface area contributed by atoms with Crippen molar-refractivity contribution < 1.29 is 19.4 Å². The van der Waals surface area contributed by atoms with Crippen molar-refractivity contribution in [2.24, 2.45) is 0 Å². The molecule has 15 heavy (non-hydrogen) atoms. The first-order valence-corrected chi connectivity index (χ1v) is 4.54. The fourth-order valence-electron chi connectivity index (χ4n) is 1.06. The largest absolute Gasteiger partial charge is 0.478 e. The Morgan fingerprint density at radius 2 is 1.87 bits per heavy atom. The van der Waals surface area contributed by atoms with Crippen molar-refractivity contribution in [2.75, 3.05) is 0 Å². The number of halogens is 1. The Kier molecular flexibility index (Phi) is 3.68. The normalized spacial score (nSPS) is 11.9. The van der Waals surface area contributed by atoms with Gasteiger partial charge in [0.05, 0.1) is 0 Å². The van der Waals surface area contributed by atoms with Gasteiger partial charge >= 0.3 is 11.9 Å². The van der Waals surface area contributed by atoms with Crippen LogP contribution in [0.5, 0.6) is 0 Å². The van der Waals surface area contributed by atoms with E-state index in [1.165, 1.54) is 24.3 Å². The van der Waals surface area contributed by atoms with Gasteiger partial charge in [0, 0.05) is 17.5 Å². The second kappa shape index (κ2) is 4.79. The summed E-state index contributed by atoms with van der Waals surface area (Å²) in [6.07, 6.45) is -1.28. The van der Waals surface area contributed by atoms with Gasteiger partial charge in [0.2, 0.25) is 6.10 Å². The predicted octanol–water partition coefficient (Wildman–Crippen LogP) is 2.03. The first-order valence-electron chi connectivity index (χ1n) is 4.16.